The van der Waals surface area contributed by atoms with Crippen molar-refractivity contribution in [3.8, 4) is 11.1 Å². The minimum Gasteiger partial charge on any atom is -0.465 e. The van der Waals surface area contributed by atoms with E-state index in [-0.39, 0.29) is 5.97 Å². The molecule has 0 saturated heterocycles. The molecule has 0 aromatic heterocycles. The summed E-state index contributed by atoms with van der Waals surface area (Å²) in [5.74, 6) is -0.338. The van der Waals surface area contributed by atoms with Crippen molar-refractivity contribution in [1.29, 1.82) is 0 Å². The predicted molar refractivity (Wildman–Crippen MR) is 112 cm³/mol. The molecule has 0 heterocycles. The van der Waals surface area contributed by atoms with Crippen molar-refractivity contribution >= 4 is 29.5 Å². The third kappa shape index (κ3) is 5.13. The summed E-state index contributed by atoms with van der Waals surface area (Å²) in [5.41, 5.74) is 4.71. The van der Waals surface area contributed by atoms with Gasteiger partial charge in [-0.3, -0.25) is 4.72 Å². The zero-order valence-corrected chi connectivity index (χ0v) is 16.7. The van der Waals surface area contributed by atoms with Crippen LogP contribution in [0, 0.1) is 6.92 Å². The molecule has 0 amide bonds. The van der Waals surface area contributed by atoms with E-state index in [9.17, 15) is 4.79 Å². The van der Waals surface area contributed by atoms with Crippen molar-refractivity contribution in [2.24, 2.45) is 0 Å². The van der Waals surface area contributed by atoms with Gasteiger partial charge in [0.25, 0.3) is 0 Å². The zero-order valence-electron chi connectivity index (χ0n) is 15.2. The van der Waals surface area contributed by atoms with Crippen molar-refractivity contribution < 1.29 is 9.53 Å². The summed E-state index contributed by atoms with van der Waals surface area (Å²) in [4.78, 5) is 13.2. The van der Waals surface area contributed by atoms with E-state index in [1.807, 2.05) is 67.6 Å². The van der Waals surface area contributed by atoms with E-state index in [0.717, 1.165) is 27.1 Å². The third-order valence-corrected chi connectivity index (χ3v) is 5.06. The summed E-state index contributed by atoms with van der Waals surface area (Å²) in [6, 6.07) is 21.8. The van der Waals surface area contributed by atoms with E-state index >= 15 is 0 Å². The first-order valence-electron chi connectivity index (χ1n) is 8.50. The molecule has 0 saturated carbocycles. The van der Waals surface area contributed by atoms with Gasteiger partial charge in [-0.2, -0.15) is 0 Å². The lowest BCUT2D eigenvalue weighted by molar-refractivity contribution is 0.0599. The number of hydrogen-bond acceptors (Lipinski definition) is 4. The van der Waals surface area contributed by atoms with Crippen LogP contribution in [0.25, 0.3) is 11.1 Å². The third-order valence-electron chi connectivity index (χ3n) is 4.09. The molecule has 0 aliphatic heterocycles. The zero-order chi connectivity index (χ0) is 19.2. The Morgan fingerprint density at radius 2 is 1.81 bits per heavy atom. The Hall–Kier alpha value is -2.27. The van der Waals surface area contributed by atoms with Gasteiger partial charge in [-0.15, -0.1) is 0 Å². The van der Waals surface area contributed by atoms with Crippen molar-refractivity contribution in [1.82, 2.24) is 4.72 Å². The molecule has 5 heteroatoms. The monoisotopic (exact) mass is 397 g/mol. The topological polar surface area (TPSA) is 38.3 Å². The van der Waals surface area contributed by atoms with Crippen LogP contribution in [-0.4, -0.2) is 13.1 Å². The van der Waals surface area contributed by atoms with Crippen molar-refractivity contribution in [3.05, 3.63) is 88.4 Å². The standard InChI is InChI=1S/C22H20ClNO2S/c1-15-10-19(23)13-20(11-15)27-24-14-18-12-17(16-6-4-3-5-7-16)8-9-21(18)22(25)26-2/h3-13,24H,14H2,1-2H3. The summed E-state index contributed by atoms with van der Waals surface area (Å²) < 4.78 is 8.25. The molecule has 1 N–H and O–H groups in total. The summed E-state index contributed by atoms with van der Waals surface area (Å²) in [7, 11) is 1.40. The highest BCUT2D eigenvalue weighted by Gasteiger charge is 2.13. The van der Waals surface area contributed by atoms with Crippen LogP contribution in [-0.2, 0) is 11.3 Å². The van der Waals surface area contributed by atoms with E-state index in [0.29, 0.717) is 17.1 Å². The Morgan fingerprint density at radius 1 is 1.04 bits per heavy atom. The number of methoxy groups -OCH3 is 1. The van der Waals surface area contributed by atoms with E-state index in [2.05, 4.69) is 10.8 Å². The Labute approximate surface area is 168 Å². The SMILES string of the molecule is COC(=O)c1ccc(-c2ccccc2)cc1CNSc1cc(C)cc(Cl)c1. The molecule has 0 fully saturated rings. The molecule has 3 aromatic rings. The molecule has 0 unspecified atom stereocenters. The number of nitrogens with one attached hydrogen (secondary N) is 1. The van der Waals surface area contributed by atoms with Gasteiger partial charge in [0.05, 0.1) is 12.7 Å². The molecule has 0 atom stereocenters. The fraction of sp³-hybridized carbons (Fsp3) is 0.136. The number of rotatable bonds is 6. The molecule has 0 radical (unpaired) electrons. The molecule has 27 heavy (non-hydrogen) atoms. The van der Waals surface area contributed by atoms with Crippen molar-refractivity contribution in [2.45, 2.75) is 18.4 Å². The van der Waals surface area contributed by atoms with Crippen LogP contribution < -0.4 is 4.72 Å². The van der Waals surface area contributed by atoms with E-state index < -0.39 is 0 Å². The summed E-state index contributed by atoms with van der Waals surface area (Å²) in [6.07, 6.45) is 0. The summed E-state index contributed by atoms with van der Waals surface area (Å²) in [5, 5.41) is 0.709. The van der Waals surface area contributed by atoms with Crippen LogP contribution in [0.15, 0.2) is 71.6 Å². The van der Waals surface area contributed by atoms with Gasteiger partial charge >= 0.3 is 5.97 Å². The Morgan fingerprint density at radius 3 is 2.52 bits per heavy atom. The lowest BCUT2D eigenvalue weighted by atomic mass is 9.99. The predicted octanol–water partition coefficient (Wildman–Crippen LogP) is 5.90. The van der Waals surface area contributed by atoms with Crippen LogP contribution in [0.2, 0.25) is 5.02 Å². The van der Waals surface area contributed by atoms with Gasteiger partial charge in [-0.25, -0.2) is 4.79 Å². The lowest BCUT2D eigenvalue weighted by Crippen LogP contribution is -2.11. The quantitative estimate of drug-likeness (QED) is 0.415. The van der Waals surface area contributed by atoms with Crippen LogP contribution in [0.3, 0.4) is 0 Å². The average molecular weight is 398 g/mol. The van der Waals surface area contributed by atoms with Crippen LogP contribution in [0.1, 0.15) is 21.5 Å². The number of carbonyl (C=O) groups excluding carboxylic acids is 1. The van der Waals surface area contributed by atoms with E-state index in [1.54, 1.807) is 0 Å². The molecule has 0 bridgehead atoms. The fourth-order valence-electron chi connectivity index (χ4n) is 2.82. The number of carbonyl (C=O) groups is 1. The molecule has 0 aliphatic rings. The first-order chi connectivity index (χ1) is 13.1. The van der Waals surface area contributed by atoms with Gasteiger partial charge < -0.3 is 4.74 Å². The van der Waals surface area contributed by atoms with Gasteiger partial charge in [0.1, 0.15) is 0 Å². The smallest absolute Gasteiger partial charge is 0.338 e. The maximum atomic E-state index is 12.1. The molecule has 0 spiro atoms. The number of halogens is 1. The molecule has 3 aromatic carbocycles. The first kappa shape index (κ1) is 19.5. The van der Waals surface area contributed by atoms with Gasteiger partial charge in [-0.05, 0) is 71.5 Å². The maximum Gasteiger partial charge on any atom is 0.338 e. The Bertz CT molecular complexity index is 924. The molecular formula is C22H20ClNO2S. The van der Waals surface area contributed by atoms with Crippen LogP contribution in [0.5, 0.6) is 0 Å². The fourth-order valence-corrected chi connectivity index (χ4v) is 4.00. The van der Waals surface area contributed by atoms with Gasteiger partial charge in [0.2, 0.25) is 0 Å². The van der Waals surface area contributed by atoms with Crippen LogP contribution >= 0.6 is 23.5 Å². The highest BCUT2D eigenvalue weighted by molar-refractivity contribution is 7.97. The number of esters is 1. The Kier molecular flexibility index (Phi) is 6.56. The minimum absolute atomic E-state index is 0.338. The lowest BCUT2D eigenvalue weighted by Gasteiger charge is -2.12. The van der Waals surface area contributed by atoms with E-state index in [1.165, 1.54) is 19.1 Å². The van der Waals surface area contributed by atoms with Gasteiger partial charge in [-0.1, -0.05) is 48.0 Å². The highest BCUT2D eigenvalue weighted by Crippen LogP contribution is 2.25. The van der Waals surface area contributed by atoms with Crippen molar-refractivity contribution in [3.63, 3.8) is 0 Å². The normalized spacial score (nSPS) is 10.6. The second kappa shape index (κ2) is 9.09. The molecule has 138 valence electrons. The second-order valence-corrected chi connectivity index (χ2v) is 7.52. The largest absolute Gasteiger partial charge is 0.465 e. The number of hydrogen-bond donors (Lipinski definition) is 1. The number of aryl methyl sites for hydroxylation is 1. The van der Waals surface area contributed by atoms with Gasteiger partial charge in [0.15, 0.2) is 0 Å². The second-order valence-electron chi connectivity index (χ2n) is 6.12. The molecule has 3 nitrogen and oxygen atoms in total. The highest BCUT2D eigenvalue weighted by atomic mass is 35.5. The van der Waals surface area contributed by atoms with Crippen LogP contribution in [0.4, 0.5) is 0 Å². The summed E-state index contributed by atoms with van der Waals surface area (Å²) in [6.45, 7) is 2.52. The number of ether oxygens (including phenoxy) is 1. The van der Waals surface area contributed by atoms with E-state index in [4.69, 9.17) is 16.3 Å². The molecule has 0 aliphatic carbocycles. The molecule has 3 rings (SSSR count). The average Bonchev–Trinajstić information content (AvgIpc) is 2.67. The summed E-state index contributed by atoms with van der Waals surface area (Å²) >= 11 is 7.60. The van der Waals surface area contributed by atoms with Gasteiger partial charge in [0, 0.05) is 16.5 Å². The minimum atomic E-state index is -0.338. The molecular weight excluding hydrogens is 378 g/mol. The van der Waals surface area contributed by atoms with Crippen molar-refractivity contribution in [2.75, 3.05) is 7.11 Å². The first-order valence-corrected chi connectivity index (χ1v) is 9.70. The Balaban J connectivity index is 1.82. The maximum absolute atomic E-state index is 12.1. The number of benzene rings is 3.